The van der Waals surface area contributed by atoms with Crippen molar-refractivity contribution < 1.29 is 19.7 Å². The number of phenols is 1. The molecule has 0 aliphatic carbocycles. The third-order valence-corrected chi connectivity index (χ3v) is 2.55. The molecule has 0 fully saturated rings. The van der Waals surface area contributed by atoms with Gasteiger partial charge in [0.15, 0.2) is 6.10 Å². The molecule has 1 aromatic rings. The van der Waals surface area contributed by atoms with Crippen molar-refractivity contribution in [2.45, 2.75) is 25.6 Å². The minimum atomic E-state index is -1.02. The molecule has 2 N–H and O–H groups in total. The highest BCUT2D eigenvalue weighted by atomic mass is 16.5. The van der Waals surface area contributed by atoms with Gasteiger partial charge in [-0.2, -0.15) is 0 Å². The van der Waals surface area contributed by atoms with Gasteiger partial charge < -0.3 is 14.9 Å². The van der Waals surface area contributed by atoms with E-state index in [0.717, 1.165) is 0 Å². The van der Waals surface area contributed by atoms with Crippen LogP contribution in [0.3, 0.4) is 0 Å². The lowest BCUT2D eigenvalue weighted by Crippen LogP contribution is -2.28. The third kappa shape index (κ3) is 1.68. The summed E-state index contributed by atoms with van der Waals surface area (Å²) in [5.41, 5.74) is 1.24. The number of ether oxygens (including phenoxy) is 1. The van der Waals surface area contributed by atoms with Crippen LogP contribution in [-0.2, 0) is 16.0 Å². The highest BCUT2D eigenvalue weighted by molar-refractivity contribution is 5.75. The molecule has 0 spiro atoms. The first-order valence-electron chi connectivity index (χ1n) is 4.78. The molecule has 0 aromatic heterocycles. The highest BCUT2D eigenvalue weighted by Gasteiger charge is 2.31. The van der Waals surface area contributed by atoms with Crippen LogP contribution in [-0.4, -0.2) is 22.3 Å². The quantitative estimate of drug-likeness (QED) is 0.733. The van der Waals surface area contributed by atoms with E-state index in [1.54, 1.807) is 25.1 Å². The van der Waals surface area contributed by atoms with Gasteiger partial charge in [-0.25, -0.2) is 4.79 Å². The molecule has 1 aliphatic heterocycles. The van der Waals surface area contributed by atoms with Crippen molar-refractivity contribution in [3.8, 4) is 5.75 Å². The smallest absolute Gasteiger partial charge is 0.337 e. The second-order valence-electron chi connectivity index (χ2n) is 3.71. The molecule has 1 aliphatic rings. The summed E-state index contributed by atoms with van der Waals surface area (Å²) in [4.78, 5) is 11.0. The standard InChI is InChI=1S/C11H12O4/c1-6-5-8-7(3-2-4-9(8)12)10(15-6)11(13)14/h2-4,6,10,12H,5H2,1H3,(H,13,14). The number of hydrogen-bond acceptors (Lipinski definition) is 3. The Labute approximate surface area is 87.1 Å². The molecular weight excluding hydrogens is 196 g/mol. The maximum absolute atomic E-state index is 11.0. The van der Waals surface area contributed by atoms with E-state index in [1.165, 1.54) is 0 Å². The molecule has 0 saturated carbocycles. The largest absolute Gasteiger partial charge is 0.508 e. The van der Waals surface area contributed by atoms with Crippen molar-refractivity contribution in [3.63, 3.8) is 0 Å². The first-order chi connectivity index (χ1) is 7.09. The van der Waals surface area contributed by atoms with Gasteiger partial charge in [-0.15, -0.1) is 0 Å². The summed E-state index contributed by atoms with van der Waals surface area (Å²) in [6.45, 7) is 1.80. The predicted molar refractivity (Wildman–Crippen MR) is 52.7 cm³/mol. The minimum absolute atomic E-state index is 0.147. The zero-order valence-corrected chi connectivity index (χ0v) is 8.30. The molecule has 4 heteroatoms. The van der Waals surface area contributed by atoms with E-state index in [2.05, 4.69) is 0 Å². The number of carbonyl (C=O) groups is 1. The molecule has 2 unspecified atom stereocenters. The van der Waals surface area contributed by atoms with Crippen molar-refractivity contribution in [2.24, 2.45) is 0 Å². The molecule has 2 atom stereocenters. The fourth-order valence-corrected chi connectivity index (χ4v) is 1.89. The molecule has 2 rings (SSSR count). The van der Waals surface area contributed by atoms with Crippen molar-refractivity contribution in [3.05, 3.63) is 29.3 Å². The zero-order valence-electron chi connectivity index (χ0n) is 8.30. The summed E-state index contributed by atoms with van der Waals surface area (Å²) in [6, 6.07) is 4.87. The van der Waals surface area contributed by atoms with Crippen LogP contribution in [0.2, 0.25) is 0 Å². The molecule has 0 radical (unpaired) electrons. The Morgan fingerprint density at radius 1 is 1.53 bits per heavy atom. The molecule has 15 heavy (non-hydrogen) atoms. The summed E-state index contributed by atoms with van der Waals surface area (Å²) >= 11 is 0. The molecule has 0 bridgehead atoms. The average molecular weight is 208 g/mol. The lowest BCUT2D eigenvalue weighted by molar-refractivity contribution is -0.155. The van der Waals surface area contributed by atoms with Crippen LogP contribution in [0.15, 0.2) is 18.2 Å². The summed E-state index contributed by atoms with van der Waals surface area (Å²) in [5.74, 6) is -0.873. The lowest BCUT2D eigenvalue weighted by Gasteiger charge is -2.28. The Kier molecular flexibility index (Phi) is 2.36. The summed E-state index contributed by atoms with van der Waals surface area (Å²) < 4.78 is 5.32. The zero-order chi connectivity index (χ0) is 11.0. The number of carboxylic acid groups (broad SMARTS) is 1. The Bertz CT molecular complexity index is 400. The van der Waals surface area contributed by atoms with Gasteiger partial charge in [-0.1, -0.05) is 12.1 Å². The topological polar surface area (TPSA) is 66.8 Å². The third-order valence-electron chi connectivity index (χ3n) is 2.55. The number of aliphatic carboxylic acids is 1. The predicted octanol–water partition coefficient (Wildman–Crippen LogP) is 1.48. The second kappa shape index (κ2) is 3.55. The van der Waals surface area contributed by atoms with Gasteiger partial charge in [-0.3, -0.25) is 0 Å². The van der Waals surface area contributed by atoms with E-state index in [0.29, 0.717) is 17.5 Å². The van der Waals surface area contributed by atoms with Crippen LogP contribution in [0, 0.1) is 0 Å². The van der Waals surface area contributed by atoms with E-state index >= 15 is 0 Å². The van der Waals surface area contributed by atoms with Gasteiger partial charge in [0.1, 0.15) is 5.75 Å². The molecule has 0 saturated heterocycles. The lowest BCUT2D eigenvalue weighted by atomic mass is 9.94. The van der Waals surface area contributed by atoms with Crippen LogP contribution < -0.4 is 0 Å². The van der Waals surface area contributed by atoms with E-state index in [4.69, 9.17) is 9.84 Å². The fraction of sp³-hybridized carbons (Fsp3) is 0.364. The van der Waals surface area contributed by atoms with E-state index < -0.39 is 12.1 Å². The Morgan fingerprint density at radius 2 is 2.27 bits per heavy atom. The Morgan fingerprint density at radius 3 is 2.93 bits per heavy atom. The van der Waals surface area contributed by atoms with E-state index in [1.807, 2.05) is 0 Å². The van der Waals surface area contributed by atoms with Crippen molar-refractivity contribution >= 4 is 5.97 Å². The maximum atomic E-state index is 11.0. The monoisotopic (exact) mass is 208 g/mol. The summed E-state index contributed by atoms with van der Waals surface area (Å²) in [5, 5.41) is 18.6. The average Bonchev–Trinajstić information content (AvgIpc) is 2.18. The van der Waals surface area contributed by atoms with Crippen molar-refractivity contribution in [1.82, 2.24) is 0 Å². The molecular formula is C11H12O4. The first-order valence-corrected chi connectivity index (χ1v) is 4.78. The Balaban J connectivity index is 2.51. The van der Waals surface area contributed by atoms with Crippen LogP contribution >= 0.6 is 0 Å². The van der Waals surface area contributed by atoms with Crippen molar-refractivity contribution in [2.75, 3.05) is 0 Å². The van der Waals surface area contributed by atoms with Crippen LogP contribution in [0.1, 0.15) is 24.2 Å². The van der Waals surface area contributed by atoms with Crippen molar-refractivity contribution in [1.29, 1.82) is 0 Å². The molecule has 1 aromatic carbocycles. The molecule has 0 amide bonds. The number of carboxylic acids is 1. The number of rotatable bonds is 1. The number of fused-ring (bicyclic) bond motifs is 1. The van der Waals surface area contributed by atoms with E-state index in [-0.39, 0.29) is 11.9 Å². The maximum Gasteiger partial charge on any atom is 0.337 e. The van der Waals surface area contributed by atoms with Crippen LogP contribution in [0.25, 0.3) is 0 Å². The van der Waals surface area contributed by atoms with Crippen LogP contribution in [0.5, 0.6) is 5.75 Å². The number of benzene rings is 1. The molecule has 1 heterocycles. The van der Waals surface area contributed by atoms with Gasteiger partial charge in [0.25, 0.3) is 0 Å². The van der Waals surface area contributed by atoms with Gasteiger partial charge >= 0.3 is 5.97 Å². The molecule has 80 valence electrons. The number of phenolic OH excluding ortho intramolecular Hbond substituents is 1. The normalized spacial score (nSPS) is 24.6. The second-order valence-corrected chi connectivity index (χ2v) is 3.71. The van der Waals surface area contributed by atoms with Gasteiger partial charge in [0, 0.05) is 12.0 Å². The minimum Gasteiger partial charge on any atom is -0.508 e. The van der Waals surface area contributed by atoms with Crippen LogP contribution in [0.4, 0.5) is 0 Å². The fourth-order valence-electron chi connectivity index (χ4n) is 1.89. The van der Waals surface area contributed by atoms with Gasteiger partial charge in [-0.05, 0) is 18.6 Å². The SMILES string of the molecule is CC1Cc2c(O)cccc2C(C(=O)O)O1. The van der Waals surface area contributed by atoms with E-state index in [9.17, 15) is 9.90 Å². The summed E-state index contributed by atoms with van der Waals surface area (Å²) in [7, 11) is 0. The highest BCUT2D eigenvalue weighted by Crippen LogP contribution is 2.34. The van der Waals surface area contributed by atoms with Gasteiger partial charge in [0.2, 0.25) is 0 Å². The van der Waals surface area contributed by atoms with Gasteiger partial charge in [0.05, 0.1) is 6.10 Å². The number of hydrogen-bond donors (Lipinski definition) is 2. The number of aromatic hydroxyl groups is 1. The molecule has 4 nitrogen and oxygen atoms in total. The first kappa shape index (κ1) is 9.98. The Hall–Kier alpha value is -1.55. The summed E-state index contributed by atoms with van der Waals surface area (Å²) in [6.07, 6.45) is -0.603.